The first kappa shape index (κ1) is 11.8. The maximum Gasteiger partial charge on any atom is 0.363 e. The monoisotopic (exact) mass is 173 g/mol. The van der Waals surface area contributed by atoms with Crippen molar-refractivity contribution in [2.45, 2.75) is 6.04 Å². The molecule has 0 spiro atoms. The number of rotatable bonds is 3. The van der Waals surface area contributed by atoms with Crippen LogP contribution in [-0.2, 0) is 4.79 Å². The number of carbonyl (C=O) groups is 1. The Labute approximate surface area is 64.0 Å². The third-order valence-corrected chi connectivity index (χ3v) is 1.07. The van der Waals surface area contributed by atoms with Crippen LogP contribution in [0.4, 0.5) is 0 Å². The number of aliphatic carboxylic acids is 1. The molecule has 0 bridgehead atoms. The zero-order chi connectivity index (χ0) is 6.57. The van der Waals surface area contributed by atoms with Crippen molar-refractivity contribution >= 4 is 31.0 Å². The van der Waals surface area contributed by atoms with Gasteiger partial charge >= 0.3 is 5.97 Å². The molecule has 0 fully saturated rings. The van der Waals surface area contributed by atoms with Crippen molar-refractivity contribution in [3.8, 4) is 0 Å². The largest absolute Gasteiger partial charge is 0.635 e. The Morgan fingerprint density at radius 2 is 2.33 bits per heavy atom. The highest BCUT2D eigenvalue weighted by atomic mass is 35.5. The first-order valence-corrected chi connectivity index (χ1v) is 2.64. The van der Waals surface area contributed by atoms with Crippen LogP contribution >= 0.6 is 25.0 Å². The van der Waals surface area contributed by atoms with E-state index in [9.17, 15) is 10.0 Å². The molecule has 0 aromatic rings. The summed E-state index contributed by atoms with van der Waals surface area (Å²) in [6.07, 6.45) is 0. The van der Waals surface area contributed by atoms with Gasteiger partial charge in [-0.25, -0.2) is 4.79 Å². The fourth-order valence-electron chi connectivity index (χ4n) is 0.179. The van der Waals surface area contributed by atoms with Crippen molar-refractivity contribution in [2.75, 3.05) is 5.75 Å². The molecule has 0 heterocycles. The molecule has 0 aliphatic carbocycles. The molecule has 9 heavy (non-hydrogen) atoms. The van der Waals surface area contributed by atoms with E-state index in [1.165, 1.54) is 0 Å². The number of nitrogens with two attached hydrogens (primary N) is 1. The summed E-state index contributed by atoms with van der Waals surface area (Å²) >= 11 is 3.62. The molecule has 1 atom stereocenters. The number of carboxylic acids is 1. The lowest BCUT2D eigenvalue weighted by atomic mass is 10.4. The van der Waals surface area contributed by atoms with Gasteiger partial charge in [0.25, 0.3) is 0 Å². The van der Waals surface area contributed by atoms with E-state index in [1.54, 1.807) is 0 Å². The van der Waals surface area contributed by atoms with Crippen molar-refractivity contribution in [3.63, 3.8) is 0 Å². The summed E-state index contributed by atoms with van der Waals surface area (Å²) in [7, 11) is 0. The summed E-state index contributed by atoms with van der Waals surface area (Å²) in [4.78, 5) is 9.88. The SMILES string of the molecule is Cl.O=C(O)[C@H](CS)[NH2+][O-]. The first-order valence-electron chi connectivity index (χ1n) is 2.01. The Balaban J connectivity index is 0. The van der Waals surface area contributed by atoms with Crippen LogP contribution in [0, 0.1) is 5.21 Å². The number of halogens is 1. The standard InChI is InChI=1S/C3H7NO3S.ClH/c5-3(6)2(1-8)4-7;/h2,8H,1,4H2,(H,5,6);1H/t2-;/m0./s1. The lowest BCUT2D eigenvalue weighted by Crippen LogP contribution is -2.87. The van der Waals surface area contributed by atoms with E-state index in [4.69, 9.17) is 5.11 Å². The number of quaternary nitrogens is 1. The minimum Gasteiger partial charge on any atom is -0.635 e. The van der Waals surface area contributed by atoms with Gasteiger partial charge in [0.05, 0.1) is 5.75 Å². The van der Waals surface area contributed by atoms with E-state index in [2.05, 4.69) is 12.6 Å². The van der Waals surface area contributed by atoms with E-state index in [0.717, 1.165) is 0 Å². The molecule has 4 nitrogen and oxygen atoms in total. The van der Waals surface area contributed by atoms with Crippen LogP contribution < -0.4 is 5.48 Å². The average molecular weight is 174 g/mol. The van der Waals surface area contributed by atoms with Crippen LogP contribution in [0.5, 0.6) is 0 Å². The second-order valence-electron chi connectivity index (χ2n) is 1.26. The van der Waals surface area contributed by atoms with Gasteiger partial charge in [-0.2, -0.15) is 12.6 Å². The van der Waals surface area contributed by atoms with E-state index in [-0.39, 0.29) is 18.2 Å². The lowest BCUT2D eigenvalue weighted by Gasteiger charge is -2.07. The van der Waals surface area contributed by atoms with Crippen LogP contribution in [-0.4, -0.2) is 22.9 Å². The molecule has 0 unspecified atom stereocenters. The van der Waals surface area contributed by atoms with Gasteiger partial charge < -0.3 is 15.8 Å². The molecular formula is C3H8ClNO3S. The van der Waals surface area contributed by atoms with Crippen LogP contribution in [0.15, 0.2) is 0 Å². The average Bonchev–Trinajstić information content (AvgIpc) is 1.69. The number of thiol groups is 1. The molecule has 0 aromatic carbocycles. The van der Waals surface area contributed by atoms with Crippen LogP contribution in [0.25, 0.3) is 0 Å². The predicted octanol–water partition coefficient (Wildman–Crippen LogP) is -1.15. The van der Waals surface area contributed by atoms with Crippen molar-refractivity contribution in [1.29, 1.82) is 0 Å². The molecule has 0 aliphatic rings. The number of hydrogen-bond acceptors (Lipinski definition) is 3. The molecule has 0 saturated carbocycles. The van der Waals surface area contributed by atoms with Gasteiger partial charge in [0, 0.05) is 0 Å². The van der Waals surface area contributed by atoms with Crippen LogP contribution in [0.3, 0.4) is 0 Å². The van der Waals surface area contributed by atoms with E-state index in [0.29, 0.717) is 5.48 Å². The van der Waals surface area contributed by atoms with Gasteiger partial charge in [-0.1, -0.05) is 0 Å². The van der Waals surface area contributed by atoms with Crippen molar-refractivity contribution in [2.24, 2.45) is 0 Å². The topological polar surface area (TPSA) is 77.0 Å². The fraction of sp³-hybridized carbons (Fsp3) is 0.667. The van der Waals surface area contributed by atoms with Crippen LogP contribution in [0.1, 0.15) is 0 Å². The molecule has 0 rings (SSSR count). The van der Waals surface area contributed by atoms with E-state index < -0.39 is 12.0 Å². The fourth-order valence-corrected chi connectivity index (χ4v) is 0.422. The number of hydrogen-bond donors (Lipinski definition) is 3. The summed E-state index contributed by atoms with van der Waals surface area (Å²) in [5.41, 5.74) is 0.370. The molecule has 0 saturated heterocycles. The highest BCUT2D eigenvalue weighted by molar-refractivity contribution is 7.80. The molecule has 0 radical (unpaired) electrons. The number of hydroxylamine groups is 1. The minimum absolute atomic E-state index is 0. The van der Waals surface area contributed by atoms with E-state index in [1.807, 2.05) is 0 Å². The molecule has 3 N–H and O–H groups in total. The summed E-state index contributed by atoms with van der Waals surface area (Å²) in [6.45, 7) is 0. The Morgan fingerprint density at radius 1 is 1.89 bits per heavy atom. The summed E-state index contributed by atoms with van der Waals surface area (Å²) < 4.78 is 0. The molecule has 6 heteroatoms. The maximum absolute atomic E-state index is 9.88. The quantitative estimate of drug-likeness (QED) is 0.373. The second kappa shape index (κ2) is 6.15. The zero-order valence-corrected chi connectivity index (χ0v) is 6.19. The van der Waals surface area contributed by atoms with Gasteiger partial charge in [0.2, 0.25) is 0 Å². The second-order valence-corrected chi connectivity index (χ2v) is 1.63. The van der Waals surface area contributed by atoms with Gasteiger partial charge in [0.1, 0.15) is 0 Å². The van der Waals surface area contributed by atoms with Crippen molar-refractivity contribution < 1.29 is 15.4 Å². The highest BCUT2D eigenvalue weighted by Crippen LogP contribution is 1.78. The Hall–Kier alpha value is 0.0300. The zero-order valence-electron chi connectivity index (χ0n) is 4.48. The summed E-state index contributed by atoms with van der Waals surface area (Å²) in [6, 6.07) is -0.946. The van der Waals surface area contributed by atoms with Gasteiger partial charge in [-0.15, -0.1) is 12.4 Å². The molecule has 0 aromatic heterocycles. The molecular weight excluding hydrogens is 166 g/mol. The Kier molecular flexibility index (Phi) is 8.06. The van der Waals surface area contributed by atoms with Gasteiger partial charge in [0.15, 0.2) is 6.04 Å². The molecule has 0 aliphatic heterocycles. The number of carboxylic acid groups (broad SMARTS) is 1. The lowest BCUT2D eigenvalue weighted by molar-refractivity contribution is -0.610. The smallest absolute Gasteiger partial charge is 0.363 e. The van der Waals surface area contributed by atoms with Crippen LogP contribution in [0.2, 0.25) is 0 Å². The summed E-state index contributed by atoms with van der Waals surface area (Å²) in [5, 5.41) is 17.8. The van der Waals surface area contributed by atoms with Crippen molar-refractivity contribution in [3.05, 3.63) is 5.21 Å². The first-order chi connectivity index (χ1) is 3.72. The highest BCUT2D eigenvalue weighted by Gasteiger charge is 2.13. The normalized spacial score (nSPS) is 11.8. The molecule has 56 valence electrons. The molecule has 0 amide bonds. The van der Waals surface area contributed by atoms with Crippen molar-refractivity contribution in [1.82, 2.24) is 0 Å². The van der Waals surface area contributed by atoms with Gasteiger partial charge in [-0.3, -0.25) is 0 Å². The Bertz CT molecular complexity index is 87.1. The van der Waals surface area contributed by atoms with E-state index >= 15 is 0 Å². The Morgan fingerprint density at radius 3 is 2.33 bits per heavy atom. The van der Waals surface area contributed by atoms with Gasteiger partial charge in [-0.05, 0) is 0 Å². The minimum atomic E-state index is -1.12. The third-order valence-electron chi connectivity index (χ3n) is 0.678. The predicted molar refractivity (Wildman–Crippen MR) is 37.8 cm³/mol. The summed E-state index contributed by atoms with van der Waals surface area (Å²) in [5.74, 6) is -1.05. The third kappa shape index (κ3) is 4.53. The maximum atomic E-state index is 9.88.